The highest BCUT2D eigenvalue weighted by atomic mass is 19.1. The van der Waals surface area contributed by atoms with Gasteiger partial charge >= 0.3 is 0 Å². The van der Waals surface area contributed by atoms with Gasteiger partial charge in [0.1, 0.15) is 11.6 Å². The van der Waals surface area contributed by atoms with E-state index in [1.165, 1.54) is 12.1 Å². The number of hydrogen-bond acceptors (Lipinski definition) is 7. The van der Waals surface area contributed by atoms with Gasteiger partial charge in [0.15, 0.2) is 11.6 Å². The number of benzene rings is 1. The van der Waals surface area contributed by atoms with Gasteiger partial charge in [-0.05, 0) is 51.6 Å². The van der Waals surface area contributed by atoms with Crippen molar-refractivity contribution in [2.45, 2.75) is 51.8 Å². The van der Waals surface area contributed by atoms with Crippen molar-refractivity contribution >= 4 is 11.5 Å². The van der Waals surface area contributed by atoms with Gasteiger partial charge in [-0.2, -0.15) is 0 Å². The third-order valence-electron chi connectivity index (χ3n) is 6.17. The van der Waals surface area contributed by atoms with E-state index in [2.05, 4.69) is 28.6 Å². The normalized spacial score (nSPS) is 19.8. The molecule has 2 atom stereocenters. The molecule has 0 unspecified atom stereocenters. The van der Waals surface area contributed by atoms with Crippen LogP contribution in [0.1, 0.15) is 39.7 Å². The maximum atomic E-state index is 14.4. The molecule has 0 bridgehead atoms. The third-order valence-corrected chi connectivity index (χ3v) is 6.17. The molecule has 8 heteroatoms. The lowest BCUT2D eigenvalue weighted by molar-refractivity contribution is 0.0849. The molecule has 0 spiro atoms. The first-order chi connectivity index (χ1) is 14.7. The molecule has 1 fully saturated rings. The van der Waals surface area contributed by atoms with E-state index in [4.69, 9.17) is 16.2 Å². The Morgan fingerprint density at radius 2 is 1.97 bits per heavy atom. The average Bonchev–Trinajstić information content (AvgIpc) is 3.10. The van der Waals surface area contributed by atoms with Crippen LogP contribution < -0.4 is 16.2 Å². The Labute approximate surface area is 183 Å². The largest absolute Gasteiger partial charge is 0.454 e. The van der Waals surface area contributed by atoms with Gasteiger partial charge < -0.3 is 21.3 Å². The van der Waals surface area contributed by atoms with E-state index in [9.17, 15) is 9.50 Å². The Bertz CT molecular complexity index is 908. The first-order valence-electron chi connectivity index (χ1n) is 10.8. The van der Waals surface area contributed by atoms with Gasteiger partial charge in [-0.1, -0.05) is 13.8 Å². The van der Waals surface area contributed by atoms with Crippen molar-refractivity contribution < 1.29 is 14.2 Å². The molecule has 0 aliphatic carbocycles. The van der Waals surface area contributed by atoms with Crippen LogP contribution >= 0.6 is 0 Å². The second kappa shape index (κ2) is 9.38. The number of likely N-dealkylation sites (tertiary alicyclic amines) is 1. The number of aliphatic hydroxyl groups excluding tert-OH is 1. The predicted octanol–water partition coefficient (Wildman–Crippen LogP) is 3.19. The SMILES string of the molecule is CCCN(CC)[C@@H]1CN(C(C)(C)c2c(Oc3ccc(N)cc3F)ccnc2N)C[C@H]1O. The minimum atomic E-state index is -0.598. The van der Waals surface area contributed by atoms with Crippen LogP contribution in [0.4, 0.5) is 15.9 Å². The molecular formula is C23H34FN5O2. The van der Waals surface area contributed by atoms with Crippen LogP contribution in [0.5, 0.6) is 11.5 Å². The fraction of sp³-hybridized carbons (Fsp3) is 0.522. The summed E-state index contributed by atoms with van der Waals surface area (Å²) in [6.45, 7) is 11.3. The van der Waals surface area contributed by atoms with Crippen LogP contribution in [0, 0.1) is 5.82 Å². The molecular weight excluding hydrogens is 397 g/mol. The number of β-amino-alcohol motifs (C(OH)–C–C–N with tert-alkyl or cyclic N) is 1. The van der Waals surface area contributed by atoms with Crippen molar-refractivity contribution in [2.75, 3.05) is 37.6 Å². The number of anilines is 2. The van der Waals surface area contributed by atoms with Gasteiger partial charge in [0, 0.05) is 42.6 Å². The lowest BCUT2D eigenvalue weighted by atomic mass is 9.92. The Morgan fingerprint density at radius 1 is 1.23 bits per heavy atom. The van der Waals surface area contributed by atoms with E-state index in [0.29, 0.717) is 35.9 Å². The fourth-order valence-electron chi connectivity index (χ4n) is 4.47. The van der Waals surface area contributed by atoms with E-state index in [-0.39, 0.29) is 11.8 Å². The lowest BCUT2D eigenvalue weighted by Crippen LogP contribution is -2.45. The first-order valence-corrected chi connectivity index (χ1v) is 10.8. The number of hydrogen-bond donors (Lipinski definition) is 3. The summed E-state index contributed by atoms with van der Waals surface area (Å²) in [6, 6.07) is 6.03. The highest BCUT2D eigenvalue weighted by Crippen LogP contribution is 2.41. The second-order valence-corrected chi connectivity index (χ2v) is 8.59. The quantitative estimate of drug-likeness (QED) is 0.552. The molecule has 1 aliphatic heterocycles. The average molecular weight is 432 g/mol. The van der Waals surface area contributed by atoms with Crippen molar-refractivity contribution in [2.24, 2.45) is 0 Å². The molecule has 1 saturated heterocycles. The standard InChI is InChI=1S/C23H34FN5O2/c1-5-11-28(6-2)17-13-29(14-18(17)30)23(3,4)21-20(9-10-27-22(21)26)31-19-8-7-15(25)12-16(19)24/h7-10,12,17-18,30H,5-6,11,13-14,25H2,1-4H3,(H2,26,27)/t17-,18-/m1/s1. The molecule has 5 N–H and O–H groups in total. The summed E-state index contributed by atoms with van der Waals surface area (Å²) in [5.41, 5.74) is 12.3. The summed E-state index contributed by atoms with van der Waals surface area (Å²) in [5.74, 6) is 0.266. The first kappa shape index (κ1) is 23.2. The molecule has 2 heterocycles. The highest BCUT2D eigenvalue weighted by Gasteiger charge is 2.43. The number of nitrogens with two attached hydrogens (primary N) is 2. The molecule has 1 aliphatic rings. The maximum Gasteiger partial charge on any atom is 0.167 e. The van der Waals surface area contributed by atoms with E-state index in [1.807, 2.05) is 13.8 Å². The molecule has 0 saturated carbocycles. The molecule has 1 aromatic heterocycles. The van der Waals surface area contributed by atoms with Gasteiger partial charge in [0.05, 0.1) is 11.7 Å². The van der Waals surface area contributed by atoms with Crippen molar-refractivity contribution in [3.63, 3.8) is 0 Å². The predicted molar refractivity (Wildman–Crippen MR) is 121 cm³/mol. The number of aromatic nitrogens is 1. The van der Waals surface area contributed by atoms with Gasteiger partial charge in [-0.25, -0.2) is 9.37 Å². The molecule has 170 valence electrons. The Kier molecular flexibility index (Phi) is 7.03. The highest BCUT2D eigenvalue weighted by molar-refractivity contribution is 5.54. The number of ether oxygens (including phenoxy) is 1. The van der Waals surface area contributed by atoms with E-state index >= 15 is 0 Å². The van der Waals surface area contributed by atoms with Crippen LogP contribution in [0.15, 0.2) is 30.5 Å². The monoisotopic (exact) mass is 431 g/mol. The number of nitrogen functional groups attached to an aromatic ring is 2. The summed E-state index contributed by atoms with van der Waals surface area (Å²) in [5, 5.41) is 10.8. The minimum absolute atomic E-state index is 0.0426. The molecule has 7 nitrogen and oxygen atoms in total. The number of nitrogens with zero attached hydrogens (tertiary/aromatic N) is 3. The maximum absolute atomic E-state index is 14.4. The Balaban J connectivity index is 1.92. The van der Waals surface area contributed by atoms with Crippen LogP contribution in [-0.2, 0) is 5.54 Å². The summed E-state index contributed by atoms with van der Waals surface area (Å²) in [4.78, 5) is 8.77. The molecule has 2 aromatic rings. The molecule has 1 aromatic carbocycles. The zero-order valence-corrected chi connectivity index (χ0v) is 18.8. The summed E-state index contributed by atoms with van der Waals surface area (Å²) >= 11 is 0. The van der Waals surface area contributed by atoms with Gasteiger partial charge in [-0.3, -0.25) is 9.80 Å². The smallest absolute Gasteiger partial charge is 0.167 e. The number of pyridine rings is 1. The lowest BCUT2D eigenvalue weighted by Gasteiger charge is -2.38. The van der Waals surface area contributed by atoms with Crippen LogP contribution in [0.25, 0.3) is 0 Å². The van der Waals surface area contributed by atoms with Gasteiger partial charge in [-0.15, -0.1) is 0 Å². The van der Waals surface area contributed by atoms with Gasteiger partial charge in [0.2, 0.25) is 0 Å². The zero-order valence-electron chi connectivity index (χ0n) is 18.8. The van der Waals surface area contributed by atoms with Crippen LogP contribution in [-0.4, -0.2) is 58.2 Å². The third kappa shape index (κ3) is 4.76. The van der Waals surface area contributed by atoms with Crippen molar-refractivity contribution in [3.8, 4) is 11.5 Å². The van der Waals surface area contributed by atoms with E-state index in [0.717, 1.165) is 19.5 Å². The van der Waals surface area contributed by atoms with Crippen LogP contribution in [0.3, 0.4) is 0 Å². The van der Waals surface area contributed by atoms with Crippen molar-refractivity contribution in [1.82, 2.24) is 14.8 Å². The van der Waals surface area contributed by atoms with Crippen LogP contribution in [0.2, 0.25) is 0 Å². The molecule has 31 heavy (non-hydrogen) atoms. The second-order valence-electron chi connectivity index (χ2n) is 8.59. The number of halogens is 1. The van der Waals surface area contributed by atoms with Crippen molar-refractivity contribution in [3.05, 3.63) is 41.8 Å². The zero-order chi connectivity index (χ0) is 22.8. The molecule has 0 radical (unpaired) electrons. The van der Waals surface area contributed by atoms with Crippen molar-refractivity contribution in [1.29, 1.82) is 0 Å². The number of likely N-dealkylation sites (N-methyl/N-ethyl adjacent to an activating group) is 1. The van der Waals surface area contributed by atoms with E-state index in [1.54, 1.807) is 18.3 Å². The minimum Gasteiger partial charge on any atom is -0.454 e. The van der Waals surface area contributed by atoms with E-state index < -0.39 is 17.5 Å². The topological polar surface area (TPSA) is 101 Å². The molecule has 0 amide bonds. The Hall–Kier alpha value is -2.42. The Morgan fingerprint density at radius 3 is 2.61 bits per heavy atom. The fourth-order valence-corrected chi connectivity index (χ4v) is 4.47. The molecule has 3 rings (SSSR count). The summed E-state index contributed by atoms with van der Waals surface area (Å²) in [7, 11) is 0. The van der Waals surface area contributed by atoms with Gasteiger partial charge in [0.25, 0.3) is 0 Å². The summed E-state index contributed by atoms with van der Waals surface area (Å²) < 4.78 is 20.3. The number of aliphatic hydroxyl groups is 1. The number of rotatable bonds is 8. The summed E-state index contributed by atoms with van der Waals surface area (Å²) in [6.07, 6.45) is 2.10.